The van der Waals surface area contributed by atoms with E-state index in [4.69, 9.17) is 5.11 Å². The van der Waals surface area contributed by atoms with Gasteiger partial charge in [0.2, 0.25) is 0 Å². The Kier molecular flexibility index (Phi) is 3.10. The van der Waals surface area contributed by atoms with Crippen LogP contribution >= 0.6 is 0 Å². The summed E-state index contributed by atoms with van der Waals surface area (Å²) in [6.07, 6.45) is -1.34. The number of aliphatic hydroxyl groups is 2. The van der Waals surface area contributed by atoms with Crippen molar-refractivity contribution in [1.29, 1.82) is 0 Å². The van der Waals surface area contributed by atoms with Crippen molar-refractivity contribution in [1.82, 2.24) is 0 Å². The van der Waals surface area contributed by atoms with E-state index in [9.17, 15) is 23.5 Å². The van der Waals surface area contributed by atoms with Crippen molar-refractivity contribution in [3.8, 4) is 0 Å². The molecule has 1 unspecified atom stereocenters. The number of benzene rings is 1. The van der Waals surface area contributed by atoms with Crippen LogP contribution in [0, 0.1) is 11.6 Å². The van der Waals surface area contributed by atoms with Gasteiger partial charge >= 0.3 is 0 Å². The van der Waals surface area contributed by atoms with Crippen LogP contribution < -0.4 is 4.90 Å². The molecule has 1 aliphatic rings. The predicted molar refractivity (Wildman–Crippen MR) is 56.1 cm³/mol. The molecule has 7 heteroatoms. The van der Waals surface area contributed by atoms with Crippen molar-refractivity contribution in [2.75, 3.05) is 18.1 Å². The van der Waals surface area contributed by atoms with Gasteiger partial charge in [0.05, 0.1) is 30.5 Å². The molecule has 1 heterocycles. The molecule has 1 amide bonds. The molecule has 2 rings (SSSR count). The summed E-state index contributed by atoms with van der Waals surface area (Å²) in [4.78, 5) is 23.7. The van der Waals surface area contributed by atoms with Crippen LogP contribution in [-0.2, 0) is 4.79 Å². The molecule has 18 heavy (non-hydrogen) atoms. The maximum Gasteiger partial charge on any atom is 0.299 e. The van der Waals surface area contributed by atoms with Gasteiger partial charge in [0.25, 0.3) is 11.7 Å². The smallest absolute Gasteiger partial charge is 0.299 e. The summed E-state index contributed by atoms with van der Waals surface area (Å²) in [6, 6.07) is 1.55. The third-order valence-corrected chi connectivity index (χ3v) is 2.62. The lowest BCUT2D eigenvalue weighted by molar-refractivity contribution is -0.114. The SMILES string of the molecule is O=C1C(=O)N(CC(O)CO)c2c(F)ccc(F)c21. The van der Waals surface area contributed by atoms with Gasteiger partial charge in [-0.3, -0.25) is 14.5 Å². The number of rotatable bonds is 3. The van der Waals surface area contributed by atoms with Crippen LogP contribution in [0.2, 0.25) is 0 Å². The maximum atomic E-state index is 13.6. The first-order chi connectivity index (χ1) is 8.47. The molecule has 0 aromatic heterocycles. The number of aliphatic hydroxyl groups excluding tert-OH is 2. The second-order valence-electron chi connectivity index (χ2n) is 3.83. The quantitative estimate of drug-likeness (QED) is 0.738. The number of hydrogen-bond donors (Lipinski definition) is 2. The number of amides is 1. The van der Waals surface area contributed by atoms with Crippen molar-refractivity contribution in [3.63, 3.8) is 0 Å². The highest BCUT2D eigenvalue weighted by molar-refractivity contribution is 6.52. The normalized spacial score (nSPS) is 16.1. The van der Waals surface area contributed by atoms with E-state index in [1.807, 2.05) is 0 Å². The average Bonchev–Trinajstić information content (AvgIpc) is 2.60. The van der Waals surface area contributed by atoms with Gasteiger partial charge < -0.3 is 10.2 Å². The van der Waals surface area contributed by atoms with Gasteiger partial charge in [-0.05, 0) is 12.1 Å². The fourth-order valence-electron chi connectivity index (χ4n) is 1.79. The molecule has 0 bridgehead atoms. The minimum atomic E-state index is -1.34. The van der Waals surface area contributed by atoms with Gasteiger partial charge in [0.1, 0.15) is 11.6 Å². The van der Waals surface area contributed by atoms with Gasteiger partial charge in [0.15, 0.2) is 0 Å². The second kappa shape index (κ2) is 4.43. The molecular formula is C11H9F2NO4. The van der Waals surface area contributed by atoms with E-state index in [0.717, 1.165) is 12.1 Å². The zero-order valence-electron chi connectivity index (χ0n) is 9.06. The molecule has 1 atom stereocenters. The van der Waals surface area contributed by atoms with Crippen LogP contribution in [0.15, 0.2) is 12.1 Å². The summed E-state index contributed by atoms with van der Waals surface area (Å²) in [6.45, 7) is -1.14. The highest BCUT2D eigenvalue weighted by Crippen LogP contribution is 2.33. The molecule has 0 saturated carbocycles. The molecule has 1 aliphatic heterocycles. The standard InChI is InChI=1S/C11H9F2NO4/c12-6-1-2-7(13)9-8(6)10(17)11(18)14(9)3-5(16)4-15/h1-2,5,15-16H,3-4H2. The van der Waals surface area contributed by atoms with Gasteiger partial charge in [-0.2, -0.15) is 0 Å². The van der Waals surface area contributed by atoms with Crippen LogP contribution in [0.3, 0.4) is 0 Å². The fourth-order valence-corrected chi connectivity index (χ4v) is 1.79. The molecule has 0 fully saturated rings. The molecule has 1 aromatic carbocycles. The summed E-state index contributed by atoms with van der Waals surface area (Å²) in [5, 5.41) is 17.9. The van der Waals surface area contributed by atoms with E-state index < -0.39 is 53.8 Å². The molecule has 0 saturated heterocycles. The van der Waals surface area contributed by atoms with E-state index in [0.29, 0.717) is 4.90 Å². The lowest BCUT2D eigenvalue weighted by Crippen LogP contribution is -2.38. The number of anilines is 1. The first-order valence-electron chi connectivity index (χ1n) is 5.10. The Balaban J connectivity index is 2.51. The van der Waals surface area contributed by atoms with E-state index in [-0.39, 0.29) is 0 Å². The Bertz CT molecular complexity index is 532. The predicted octanol–water partition coefficient (Wildman–Crippen LogP) is -0.153. The zero-order chi connectivity index (χ0) is 13.4. The Hall–Kier alpha value is -1.86. The van der Waals surface area contributed by atoms with Crippen LogP contribution in [0.5, 0.6) is 0 Å². The summed E-state index contributed by atoms with van der Waals surface area (Å²) < 4.78 is 27.0. The van der Waals surface area contributed by atoms with E-state index >= 15 is 0 Å². The molecule has 0 aliphatic carbocycles. The van der Waals surface area contributed by atoms with Gasteiger partial charge in [0, 0.05) is 0 Å². The van der Waals surface area contributed by atoms with Crippen molar-refractivity contribution >= 4 is 17.4 Å². The Morgan fingerprint density at radius 3 is 2.44 bits per heavy atom. The number of halogens is 2. The van der Waals surface area contributed by atoms with E-state index in [2.05, 4.69) is 0 Å². The largest absolute Gasteiger partial charge is 0.394 e. The summed E-state index contributed by atoms with van der Waals surface area (Å²) >= 11 is 0. The molecule has 1 aromatic rings. The number of nitrogens with zero attached hydrogens (tertiary/aromatic N) is 1. The molecule has 2 N–H and O–H groups in total. The minimum Gasteiger partial charge on any atom is -0.394 e. The number of carbonyl (C=O) groups excluding carboxylic acids is 2. The number of hydrogen-bond acceptors (Lipinski definition) is 4. The third-order valence-electron chi connectivity index (χ3n) is 2.62. The van der Waals surface area contributed by atoms with Crippen molar-refractivity contribution in [2.45, 2.75) is 6.10 Å². The van der Waals surface area contributed by atoms with Gasteiger partial charge in [-0.25, -0.2) is 8.78 Å². The Morgan fingerprint density at radius 1 is 1.22 bits per heavy atom. The van der Waals surface area contributed by atoms with Crippen LogP contribution in [0.4, 0.5) is 14.5 Å². The topological polar surface area (TPSA) is 77.8 Å². The Morgan fingerprint density at radius 2 is 1.83 bits per heavy atom. The van der Waals surface area contributed by atoms with E-state index in [1.54, 1.807) is 0 Å². The lowest BCUT2D eigenvalue weighted by atomic mass is 10.1. The number of fused-ring (bicyclic) bond motifs is 1. The molecule has 96 valence electrons. The Labute approximate surface area is 100 Å². The van der Waals surface area contributed by atoms with Crippen LogP contribution in [0.1, 0.15) is 10.4 Å². The van der Waals surface area contributed by atoms with Crippen LogP contribution in [-0.4, -0.2) is 41.2 Å². The van der Waals surface area contributed by atoms with E-state index in [1.165, 1.54) is 0 Å². The maximum absolute atomic E-state index is 13.6. The number of β-amino-alcohol motifs (C(OH)–C–C–N with tert-alkyl or cyclic N) is 1. The van der Waals surface area contributed by atoms with Crippen molar-refractivity contribution in [3.05, 3.63) is 29.3 Å². The number of Topliss-reactive ketones (excluding diaryl/α,β-unsaturated/α-hetero) is 1. The number of ketones is 1. The first kappa shape index (κ1) is 12.6. The minimum absolute atomic E-state index is 0.478. The lowest BCUT2D eigenvalue weighted by Gasteiger charge is -2.19. The summed E-state index contributed by atoms with van der Waals surface area (Å²) in [5.41, 5.74) is -1.12. The van der Waals surface area contributed by atoms with Crippen molar-refractivity contribution < 1.29 is 28.6 Å². The zero-order valence-corrected chi connectivity index (χ0v) is 9.06. The molecular weight excluding hydrogens is 248 g/mol. The van der Waals surface area contributed by atoms with Gasteiger partial charge in [-0.1, -0.05) is 0 Å². The summed E-state index contributed by atoms with van der Waals surface area (Å²) in [5.74, 6) is -4.21. The molecule has 0 radical (unpaired) electrons. The monoisotopic (exact) mass is 257 g/mol. The van der Waals surface area contributed by atoms with Crippen molar-refractivity contribution in [2.24, 2.45) is 0 Å². The van der Waals surface area contributed by atoms with Crippen LogP contribution in [0.25, 0.3) is 0 Å². The molecule has 5 nitrogen and oxygen atoms in total. The highest BCUT2D eigenvalue weighted by atomic mass is 19.1. The first-order valence-corrected chi connectivity index (χ1v) is 5.10. The average molecular weight is 257 g/mol. The highest BCUT2D eigenvalue weighted by Gasteiger charge is 2.41. The van der Waals surface area contributed by atoms with Gasteiger partial charge in [-0.15, -0.1) is 0 Å². The third kappa shape index (κ3) is 1.77. The molecule has 0 spiro atoms. The summed E-state index contributed by atoms with van der Waals surface area (Å²) in [7, 11) is 0. The number of carbonyl (C=O) groups is 2. The fraction of sp³-hybridized carbons (Fsp3) is 0.273. The second-order valence-corrected chi connectivity index (χ2v) is 3.83.